The van der Waals surface area contributed by atoms with Gasteiger partial charge in [0.2, 0.25) is 0 Å². The molecule has 2 unspecified atom stereocenters. The Morgan fingerprint density at radius 3 is 2.74 bits per heavy atom. The Morgan fingerprint density at radius 1 is 1.28 bits per heavy atom. The van der Waals surface area contributed by atoms with Crippen molar-refractivity contribution in [2.24, 2.45) is 0 Å². The highest BCUT2D eigenvalue weighted by atomic mass is 32.2. The number of nitrogens with one attached hydrogen (secondary N) is 4. The largest absolute Gasteiger partial charge is 0.495 e. The van der Waals surface area contributed by atoms with Crippen molar-refractivity contribution in [3.63, 3.8) is 0 Å². The fourth-order valence-electron chi connectivity index (χ4n) is 4.28. The molecule has 11 heteroatoms. The monoisotopic (exact) mass is 563 g/mol. The molecule has 2 heterocycles. The van der Waals surface area contributed by atoms with Crippen molar-refractivity contribution in [3.8, 4) is 17.6 Å². The number of allylic oxidation sites excluding steroid dienone is 3. The van der Waals surface area contributed by atoms with Gasteiger partial charge in [0, 0.05) is 23.6 Å². The number of halogens is 3. The van der Waals surface area contributed by atoms with Crippen LogP contribution in [0.15, 0.2) is 52.9 Å². The third-order valence-corrected chi connectivity index (χ3v) is 7.19. The molecule has 0 aromatic heterocycles. The molecule has 0 spiro atoms. The maximum Gasteiger partial charge on any atom is 0.446 e. The minimum absolute atomic E-state index is 0.0943. The Kier molecular flexibility index (Phi) is 11.1. The molecule has 1 amide bonds. The molecule has 3 rings (SSSR count). The molecular weight excluding hydrogens is 527 g/mol. The van der Waals surface area contributed by atoms with Gasteiger partial charge in [-0.05, 0) is 55.0 Å². The summed E-state index contributed by atoms with van der Waals surface area (Å²) in [6.07, 6.45) is 10.5. The van der Waals surface area contributed by atoms with E-state index in [1.54, 1.807) is 42.4 Å². The number of carbonyl (C=O) groups excluding carboxylic acids is 1. The molecule has 2 aliphatic heterocycles. The lowest BCUT2D eigenvalue weighted by Gasteiger charge is -2.30. The lowest BCUT2D eigenvalue weighted by molar-refractivity contribution is -0.0322. The summed E-state index contributed by atoms with van der Waals surface area (Å²) in [4.78, 5) is 12.1. The molecule has 0 aliphatic carbocycles. The van der Waals surface area contributed by atoms with Gasteiger partial charge in [0.05, 0.1) is 25.0 Å². The van der Waals surface area contributed by atoms with Gasteiger partial charge in [-0.15, -0.1) is 0 Å². The van der Waals surface area contributed by atoms with Crippen LogP contribution in [0, 0.1) is 11.8 Å². The maximum absolute atomic E-state index is 13.5. The average molecular weight is 564 g/mol. The highest BCUT2D eigenvalue weighted by Crippen LogP contribution is 2.43. The van der Waals surface area contributed by atoms with E-state index >= 15 is 0 Å². The van der Waals surface area contributed by atoms with Crippen LogP contribution < -0.4 is 26.1 Å². The topological polar surface area (TPSA) is 77.7 Å². The molecule has 2 aliphatic rings. The molecule has 0 radical (unpaired) electrons. The Bertz CT molecular complexity index is 1170. The van der Waals surface area contributed by atoms with Crippen molar-refractivity contribution in [3.05, 3.63) is 58.4 Å². The predicted octanol–water partition coefficient (Wildman–Crippen LogP) is 5.48. The van der Waals surface area contributed by atoms with E-state index in [9.17, 15) is 18.0 Å². The Hall–Kier alpha value is -3.23. The second kappa shape index (κ2) is 14.2. The van der Waals surface area contributed by atoms with Gasteiger partial charge in [-0.1, -0.05) is 51.0 Å². The molecular formula is C28H36F3N5O2S. The maximum atomic E-state index is 13.5. The molecule has 212 valence electrons. The number of hydrogen-bond acceptors (Lipinski definition) is 7. The minimum Gasteiger partial charge on any atom is -0.495 e. The summed E-state index contributed by atoms with van der Waals surface area (Å²) in [6.45, 7) is 4.39. The third kappa shape index (κ3) is 8.38. The SMILES string of the molecule is CCCCCC(CC)NC1=CC=CC2=C(SC(F)(F)F)C(C#CCNc3cc(C(=O)NC)ccc3OC)NN12. The van der Waals surface area contributed by atoms with Crippen LogP contribution in [0.1, 0.15) is 56.3 Å². The number of anilines is 1. The first-order chi connectivity index (χ1) is 18.7. The van der Waals surface area contributed by atoms with Crippen LogP contribution in [0.2, 0.25) is 0 Å². The van der Waals surface area contributed by atoms with Gasteiger partial charge < -0.3 is 20.7 Å². The van der Waals surface area contributed by atoms with Gasteiger partial charge in [0.25, 0.3) is 5.91 Å². The van der Waals surface area contributed by atoms with Crippen molar-refractivity contribution in [2.75, 3.05) is 26.0 Å². The van der Waals surface area contributed by atoms with Crippen LogP contribution in [0.4, 0.5) is 18.9 Å². The second-order valence-corrected chi connectivity index (χ2v) is 10.1. The molecule has 1 aromatic carbocycles. The summed E-state index contributed by atoms with van der Waals surface area (Å²) in [6, 6.07) is 4.31. The molecule has 0 saturated carbocycles. The first kappa shape index (κ1) is 30.3. The van der Waals surface area contributed by atoms with Gasteiger partial charge in [0.15, 0.2) is 0 Å². The summed E-state index contributed by atoms with van der Waals surface area (Å²) in [5.74, 6) is 6.85. The molecule has 1 aromatic rings. The van der Waals surface area contributed by atoms with E-state index in [4.69, 9.17) is 4.74 Å². The minimum atomic E-state index is -4.46. The first-order valence-corrected chi connectivity index (χ1v) is 13.9. The van der Waals surface area contributed by atoms with E-state index in [1.165, 1.54) is 7.11 Å². The molecule has 4 N–H and O–H groups in total. The molecule has 39 heavy (non-hydrogen) atoms. The zero-order valence-electron chi connectivity index (χ0n) is 22.7. The number of alkyl halides is 3. The van der Waals surface area contributed by atoms with Crippen LogP contribution in [-0.2, 0) is 0 Å². The van der Waals surface area contributed by atoms with Crippen molar-refractivity contribution in [1.29, 1.82) is 0 Å². The molecule has 2 atom stereocenters. The number of amides is 1. The summed E-state index contributed by atoms with van der Waals surface area (Å²) in [5, 5.41) is 10.8. The summed E-state index contributed by atoms with van der Waals surface area (Å²) < 4.78 is 45.9. The molecule has 0 bridgehead atoms. The zero-order valence-corrected chi connectivity index (χ0v) is 23.5. The molecule has 0 saturated heterocycles. The Labute approximate surface area is 232 Å². The van der Waals surface area contributed by atoms with E-state index in [0.29, 0.717) is 28.5 Å². The van der Waals surface area contributed by atoms with Crippen LogP contribution >= 0.6 is 11.8 Å². The number of hydrazine groups is 1. The number of fused-ring (bicyclic) bond motifs is 1. The summed E-state index contributed by atoms with van der Waals surface area (Å²) in [5.41, 5.74) is 0.108. The van der Waals surface area contributed by atoms with E-state index in [0.717, 1.165) is 32.1 Å². The number of unbranched alkanes of at least 4 members (excludes halogenated alkanes) is 2. The van der Waals surface area contributed by atoms with Crippen LogP contribution in [-0.4, -0.2) is 49.2 Å². The van der Waals surface area contributed by atoms with Gasteiger partial charge in [0.1, 0.15) is 17.6 Å². The van der Waals surface area contributed by atoms with E-state index in [1.807, 2.05) is 6.08 Å². The lowest BCUT2D eigenvalue weighted by atomic mass is 10.1. The zero-order chi connectivity index (χ0) is 28.4. The number of nitrogens with zero attached hydrogens (tertiary/aromatic N) is 1. The van der Waals surface area contributed by atoms with Crippen LogP contribution in [0.3, 0.4) is 0 Å². The van der Waals surface area contributed by atoms with Crippen molar-refractivity contribution in [1.82, 2.24) is 21.1 Å². The lowest BCUT2D eigenvalue weighted by Crippen LogP contribution is -2.44. The fourth-order valence-corrected chi connectivity index (χ4v) is 5.02. The van der Waals surface area contributed by atoms with E-state index < -0.39 is 11.6 Å². The molecule has 7 nitrogen and oxygen atoms in total. The van der Waals surface area contributed by atoms with Crippen LogP contribution in [0.5, 0.6) is 5.75 Å². The normalized spacial score (nSPS) is 17.2. The predicted molar refractivity (Wildman–Crippen MR) is 151 cm³/mol. The van der Waals surface area contributed by atoms with E-state index in [-0.39, 0.29) is 35.2 Å². The second-order valence-electron chi connectivity index (χ2n) is 9.02. The Balaban J connectivity index is 1.77. The van der Waals surface area contributed by atoms with Gasteiger partial charge in [-0.25, -0.2) is 5.43 Å². The summed E-state index contributed by atoms with van der Waals surface area (Å²) >= 11 is -0.148. The Morgan fingerprint density at radius 2 is 2.08 bits per heavy atom. The van der Waals surface area contributed by atoms with E-state index in [2.05, 4.69) is 47.1 Å². The average Bonchev–Trinajstić information content (AvgIpc) is 3.26. The van der Waals surface area contributed by atoms with Gasteiger partial charge >= 0.3 is 5.51 Å². The molecule has 0 fully saturated rings. The quantitative estimate of drug-likeness (QED) is 0.198. The first-order valence-electron chi connectivity index (χ1n) is 13.0. The van der Waals surface area contributed by atoms with Crippen molar-refractivity contribution in [2.45, 2.75) is 63.5 Å². The van der Waals surface area contributed by atoms with Crippen LogP contribution in [0.25, 0.3) is 0 Å². The van der Waals surface area contributed by atoms with Crippen molar-refractivity contribution < 1.29 is 22.7 Å². The van der Waals surface area contributed by atoms with Crippen molar-refractivity contribution >= 4 is 23.4 Å². The number of benzene rings is 1. The number of hydrogen-bond donors (Lipinski definition) is 4. The smallest absolute Gasteiger partial charge is 0.446 e. The summed E-state index contributed by atoms with van der Waals surface area (Å²) in [7, 11) is 3.05. The third-order valence-electron chi connectivity index (χ3n) is 6.29. The number of ether oxygens (including phenoxy) is 1. The number of thioether (sulfide) groups is 1. The number of rotatable bonds is 12. The van der Waals surface area contributed by atoms with Gasteiger partial charge in [-0.2, -0.15) is 13.2 Å². The van der Waals surface area contributed by atoms with Gasteiger partial charge in [-0.3, -0.25) is 9.80 Å². The highest BCUT2D eigenvalue weighted by molar-refractivity contribution is 8.04. The number of methoxy groups -OCH3 is 1. The fraction of sp³-hybridized carbons (Fsp3) is 0.464. The number of carbonyl (C=O) groups is 1. The standard InChI is InChI=1S/C28H36F3N5O2S/c1-5-7-8-11-20(6-2)34-25-14-9-13-23-26(39-28(29,30)31)21(35-36(23)25)12-10-17-33-22-18-19(27(37)32-3)15-16-24(22)38-4/h9,13-16,18,20-21,33-35H,5-8,11,17H2,1-4H3,(H,32,37). The highest BCUT2D eigenvalue weighted by Gasteiger charge is 2.40.